The number of hydrogen-bond acceptors (Lipinski definition) is 3. The quantitative estimate of drug-likeness (QED) is 0.628. The van der Waals surface area contributed by atoms with Crippen molar-refractivity contribution in [2.45, 2.75) is 26.3 Å². The van der Waals surface area contributed by atoms with Crippen LogP contribution in [0.2, 0.25) is 0 Å². The number of nitrogens with one attached hydrogen (secondary N) is 2. The van der Waals surface area contributed by atoms with Crippen LogP contribution >= 0.6 is 0 Å². The van der Waals surface area contributed by atoms with Crippen LogP contribution in [0.15, 0.2) is 47.6 Å². The largest absolute Gasteiger partial charge is 0.363 e. The topological polar surface area (TPSA) is 52.6 Å². The third kappa shape index (κ3) is 5.78. The first-order valence-corrected chi connectivity index (χ1v) is 8.63. The predicted molar refractivity (Wildman–Crippen MR) is 106 cm³/mol. The minimum Gasteiger partial charge on any atom is -0.363 e. The average Bonchev–Trinajstić information content (AvgIpc) is 2.62. The number of hydrogen-bond donors (Lipinski definition) is 2. The highest BCUT2D eigenvalue weighted by Gasteiger charge is 2.07. The summed E-state index contributed by atoms with van der Waals surface area (Å²) < 4.78 is 0. The summed E-state index contributed by atoms with van der Waals surface area (Å²) in [6, 6.07) is 12.8. The Labute approximate surface area is 151 Å². The van der Waals surface area contributed by atoms with Gasteiger partial charge in [-0.15, -0.1) is 0 Å². The fourth-order valence-corrected chi connectivity index (χ4v) is 2.48. The van der Waals surface area contributed by atoms with Gasteiger partial charge in [0.1, 0.15) is 5.82 Å². The fraction of sp³-hybridized carbons (Fsp3) is 0.400. The predicted octanol–water partition coefficient (Wildman–Crippen LogP) is 2.92. The smallest absolute Gasteiger partial charge is 0.191 e. The van der Waals surface area contributed by atoms with Gasteiger partial charge >= 0.3 is 0 Å². The molecular formula is C20H29N5. The number of anilines is 1. The molecule has 0 spiro atoms. The van der Waals surface area contributed by atoms with Crippen molar-refractivity contribution in [3.8, 4) is 0 Å². The lowest BCUT2D eigenvalue weighted by molar-refractivity contribution is 0.698. The molecule has 0 aliphatic rings. The number of aliphatic imine (C=N–C) groups is 1. The van der Waals surface area contributed by atoms with E-state index in [-0.39, 0.29) is 0 Å². The van der Waals surface area contributed by atoms with Crippen LogP contribution in [0.4, 0.5) is 5.82 Å². The maximum atomic E-state index is 4.34. The lowest BCUT2D eigenvalue weighted by Crippen LogP contribution is -2.38. The van der Waals surface area contributed by atoms with Crippen molar-refractivity contribution < 1.29 is 0 Å². The Morgan fingerprint density at radius 2 is 1.88 bits per heavy atom. The minimum absolute atomic E-state index is 0.417. The molecule has 134 valence electrons. The highest BCUT2D eigenvalue weighted by molar-refractivity contribution is 5.79. The number of pyridine rings is 1. The summed E-state index contributed by atoms with van der Waals surface area (Å²) in [7, 11) is 5.78. The van der Waals surface area contributed by atoms with E-state index in [0.29, 0.717) is 12.5 Å². The van der Waals surface area contributed by atoms with Crippen molar-refractivity contribution in [3.63, 3.8) is 0 Å². The fourth-order valence-electron chi connectivity index (χ4n) is 2.48. The van der Waals surface area contributed by atoms with Crippen molar-refractivity contribution in [3.05, 3.63) is 59.3 Å². The SMILES string of the molecule is CN=C(NCc1ccnc(N(C)C)c1)NCC(C)c1ccc(C)cc1. The van der Waals surface area contributed by atoms with E-state index in [1.165, 1.54) is 16.7 Å². The van der Waals surface area contributed by atoms with Gasteiger partial charge in [0.25, 0.3) is 0 Å². The van der Waals surface area contributed by atoms with E-state index in [1.54, 1.807) is 7.05 Å². The highest BCUT2D eigenvalue weighted by atomic mass is 15.2. The van der Waals surface area contributed by atoms with Gasteiger partial charge in [-0.3, -0.25) is 4.99 Å². The third-order valence-electron chi connectivity index (χ3n) is 4.17. The summed E-state index contributed by atoms with van der Waals surface area (Å²) in [5, 5.41) is 6.76. The molecule has 0 bridgehead atoms. The molecule has 0 radical (unpaired) electrons. The van der Waals surface area contributed by atoms with Crippen LogP contribution in [0.25, 0.3) is 0 Å². The molecule has 2 aromatic rings. The summed E-state index contributed by atoms with van der Waals surface area (Å²) in [6.07, 6.45) is 1.84. The summed E-state index contributed by atoms with van der Waals surface area (Å²) in [4.78, 5) is 10.6. The van der Waals surface area contributed by atoms with Gasteiger partial charge in [0, 0.05) is 40.4 Å². The molecule has 5 nitrogen and oxygen atoms in total. The Morgan fingerprint density at radius 3 is 2.52 bits per heavy atom. The van der Waals surface area contributed by atoms with Crippen molar-refractivity contribution in [1.82, 2.24) is 15.6 Å². The van der Waals surface area contributed by atoms with Gasteiger partial charge in [-0.2, -0.15) is 0 Å². The average molecular weight is 339 g/mol. The molecule has 2 rings (SSSR count). The molecule has 0 aliphatic heterocycles. The van der Waals surface area contributed by atoms with E-state index in [2.05, 4.69) is 64.8 Å². The molecule has 0 fully saturated rings. The molecule has 2 N–H and O–H groups in total. The van der Waals surface area contributed by atoms with Gasteiger partial charge in [0.2, 0.25) is 0 Å². The van der Waals surface area contributed by atoms with Crippen molar-refractivity contribution in [2.75, 3.05) is 32.6 Å². The van der Waals surface area contributed by atoms with Crippen molar-refractivity contribution >= 4 is 11.8 Å². The Bertz CT molecular complexity index is 691. The van der Waals surface area contributed by atoms with E-state index in [4.69, 9.17) is 0 Å². The molecule has 0 aliphatic carbocycles. The van der Waals surface area contributed by atoms with E-state index in [1.807, 2.05) is 31.3 Å². The van der Waals surface area contributed by atoms with Gasteiger partial charge in [-0.1, -0.05) is 36.8 Å². The molecule has 1 atom stereocenters. The van der Waals surface area contributed by atoms with Gasteiger partial charge in [-0.25, -0.2) is 4.98 Å². The molecule has 5 heteroatoms. The standard InChI is InChI=1S/C20H29N5/c1-15-6-8-18(9-7-15)16(2)13-23-20(21-3)24-14-17-10-11-22-19(12-17)25(4)5/h6-12,16H,13-14H2,1-5H3,(H2,21,23,24). The minimum atomic E-state index is 0.417. The monoisotopic (exact) mass is 339 g/mol. The zero-order chi connectivity index (χ0) is 18.2. The molecule has 0 saturated carbocycles. The number of nitrogens with zero attached hydrogens (tertiary/aromatic N) is 3. The van der Waals surface area contributed by atoms with Crippen molar-refractivity contribution in [1.29, 1.82) is 0 Å². The maximum absolute atomic E-state index is 4.34. The van der Waals surface area contributed by atoms with Gasteiger partial charge in [0.15, 0.2) is 5.96 Å². The van der Waals surface area contributed by atoms with E-state index in [0.717, 1.165) is 18.3 Å². The van der Waals surface area contributed by atoms with E-state index < -0.39 is 0 Å². The zero-order valence-corrected chi connectivity index (χ0v) is 15.9. The molecule has 25 heavy (non-hydrogen) atoms. The highest BCUT2D eigenvalue weighted by Crippen LogP contribution is 2.14. The summed E-state index contributed by atoms with van der Waals surface area (Å²) in [6.45, 7) is 5.88. The van der Waals surface area contributed by atoms with Gasteiger partial charge in [-0.05, 0) is 36.1 Å². The third-order valence-corrected chi connectivity index (χ3v) is 4.17. The molecular weight excluding hydrogens is 310 g/mol. The van der Waals surface area contributed by atoms with Crippen molar-refractivity contribution in [2.24, 2.45) is 4.99 Å². The second kappa shape index (κ2) is 9.06. The van der Waals surface area contributed by atoms with Gasteiger partial charge < -0.3 is 15.5 Å². The van der Waals surface area contributed by atoms with E-state index >= 15 is 0 Å². The normalized spacial score (nSPS) is 12.6. The number of benzene rings is 1. The zero-order valence-electron chi connectivity index (χ0n) is 15.9. The Kier molecular flexibility index (Phi) is 6.81. The molecule has 1 heterocycles. The molecule has 0 saturated heterocycles. The summed E-state index contributed by atoms with van der Waals surface area (Å²) in [5.41, 5.74) is 3.79. The second-order valence-electron chi connectivity index (χ2n) is 6.54. The lowest BCUT2D eigenvalue weighted by atomic mass is 10.0. The summed E-state index contributed by atoms with van der Waals surface area (Å²) >= 11 is 0. The number of rotatable bonds is 6. The number of aryl methyl sites for hydroxylation is 1. The van der Waals surface area contributed by atoms with E-state index in [9.17, 15) is 0 Å². The lowest BCUT2D eigenvalue weighted by Gasteiger charge is -2.17. The van der Waals surface area contributed by atoms with Gasteiger partial charge in [0.05, 0.1) is 0 Å². The first-order valence-electron chi connectivity index (χ1n) is 8.63. The maximum Gasteiger partial charge on any atom is 0.191 e. The Morgan fingerprint density at radius 1 is 1.16 bits per heavy atom. The van der Waals surface area contributed by atoms with Crippen LogP contribution in [-0.2, 0) is 6.54 Å². The first kappa shape index (κ1) is 18.8. The van der Waals surface area contributed by atoms with Crippen LogP contribution in [0, 0.1) is 6.92 Å². The summed E-state index contributed by atoms with van der Waals surface area (Å²) in [5.74, 6) is 2.18. The van der Waals surface area contributed by atoms with Crippen LogP contribution in [-0.4, -0.2) is 38.6 Å². The Balaban J connectivity index is 1.86. The molecule has 1 unspecified atom stereocenters. The molecule has 1 aromatic heterocycles. The van der Waals surface area contributed by atoms with Crippen LogP contribution in [0.5, 0.6) is 0 Å². The molecule has 1 aromatic carbocycles. The van der Waals surface area contributed by atoms with Crippen LogP contribution in [0.3, 0.4) is 0 Å². The molecule has 0 amide bonds. The first-order chi connectivity index (χ1) is 12.0. The number of guanidine groups is 1. The second-order valence-corrected chi connectivity index (χ2v) is 6.54. The van der Waals surface area contributed by atoms with Crippen LogP contribution < -0.4 is 15.5 Å². The number of aromatic nitrogens is 1. The Hall–Kier alpha value is -2.56. The van der Waals surface area contributed by atoms with Crippen LogP contribution in [0.1, 0.15) is 29.5 Å².